The van der Waals surface area contributed by atoms with E-state index in [2.05, 4.69) is 32.0 Å². The van der Waals surface area contributed by atoms with E-state index in [0.29, 0.717) is 40.6 Å². The molecule has 1 aliphatic rings. The monoisotopic (exact) mass is 458 g/mol. The molecule has 1 saturated heterocycles. The molecular formula is C23H31ClN6O2. The predicted molar refractivity (Wildman–Crippen MR) is 128 cm³/mol. The first kappa shape index (κ1) is 23.8. The number of allylic oxidation sites excluding steroid dienone is 1. The number of anilines is 1. The van der Waals surface area contributed by atoms with Crippen molar-refractivity contribution in [1.29, 1.82) is 0 Å². The molecule has 0 aliphatic carbocycles. The Balaban J connectivity index is 1.61. The number of halogens is 1. The summed E-state index contributed by atoms with van der Waals surface area (Å²) in [6, 6.07) is 8.27. The molecule has 32 heavy (non-hydrogen) atoms. The molecule has 4 N–H and O–H groups in total. The van der Waals surface area contributed by atoms with E-state index < -0.39 is 5.60 Å². The lowest BCUT2D eigenvalue weighted by Crippen LogP contribution is -2.42. The number of hydrogen-bond donors (Lipinski definition) is 3. The number of aromatic nitrogens is 2. The largest absolute Gasteiger partial charge is 0.408 e. The number of rotatable bonds is 8. The number of aliphatic hydroxyl groups is 1. The summed E-state index contributed by atoms with van der Waals surface area (Å²) in [5.41, 5.74) is 7.12. The molecular weight excluding hydrogens is 428 g/mol. The fourth-order valence-corrected chi connectivity index (χ4v) is 3.58. The van der Waals surface area contributed by atoms with Crippen LogP contribution < -0.4 is 16.0 Å². The Hall–Kier alpha value is -2.84. The molecule has 0 amide bonds. The van der Waals surface area contributed by atoms with Gasteiger partial charge in [0.05, 0.1) is 5.71 Å². The summed E-state index contributed by atoms with van der Waals surface area (Å²) in [7, 11) is 0. The van der Waals surface area contributed by atoms with Gasteiger partial charge in [0.1, 0.15) is 11.4 Å². The van der Waals surface area contributed by atoms with Gasteiger partial charge in [-0.3, -0.25) is 0 Å². The zero-order valence-corrected chi connectivity index (χ0v) is 19.6. The maximum atomic E-state index is 10.6. The normalized spacial score (nSPS) is 16.3. The van der Waals surface area contributed by atoms with Crippen molar-refractivity contribution in [2.75, 3.05) is 18.0 Å². The highest BCUT2D eigenvalue weighted by atomic mass is 35.5. The van der Waals surface area contributed by atoms with Crippen LogP contribution in [0.15, 0.2) is 57.8 Å². The summed E-state index contributed by atoms with van der Waals surface area (Å²) < 4.78 is 5.51. The van der Waals surface area contributed by atoms with Crippen LogP contribution in [0.2, 0.25) is 5.02 Å². The maximum absolute atomic E-state index is 10.6. The van der Waals surface area contributed by atoms with Crippen LogP contribution >= 0.6 is 11.6 Å². The molecule has 0 radical (unpaired) electrons. The van der Waals surface area contributed by atoms with Gasteiger partial charge in [-0.05, 0) is 50.5 Å². The minimum absolute atomic E-state index is 0.213. The first-order valence-corrected chi connectivity index (χ1v) is 11.0. The van der Waals surface area contributed by atoms with Crippen LogP contribution in [0.5, 0.6) is 0 Å². The number of nitrogens with two attached hydrogens (primary N) is 1. The van der Waals surface area contributed by atoms with Gasteiger partial charge in [0.15, 0.2) is 0 Å². The molecule has 0 unspecified atom stereocenters. The Morgan fingerprint density at radius 3 is 2.56 bits per heavy atom. The zero-order chi connectivity index (χ0) is 23.3. The van der Waals surface area contributed by atoms with E-state index in [9.17, 15) is 5.11 Å². The molecule has 0 bridgehead atoms. The van der Waals surface area contributed by atoms with Gasteiger partial charge in [-0.2, -0.15) is 0 Å². The molecule has 1 fully saturated rings. The number of aryl methyl sites for hydroxylation is 1. The quantitative estimate of drug-likeness (QED) is 0.520. The minimum Gasteiger partial charge on any atom is -0.408 e. The number of nitrogens with zero attached hydrogens (tertiary/aromatic N) is 4. The van der Waals surface area contributed by atoms with E-state index in [0.717, 1.165) is 31.5 Å². The molecule has 2 aromatic rings. The van der Waals surface area contributed by atoms with Crippen molar-refractivity contribution in [2.45, 2.75) is 51.7 Å². The van der Waals surface area contributed by atoms with Gasteiger partial charge in [0.2, 0.25) is 5.89 Å². The van der Waals surface area contributed by atoms with Crippen LogP contribution in [0.3, 0.4) is 0 Å². The molecule has 0 atom stereocenters. The lowest BCUT2D eigenvalue weighted by Gasteiger charge is -2.31. The van der Waals surface area contributed by atoms with Gasteiger partial charge in [-0.15, -0.1) is 5.10 Å². The summed E-state index contributed by atoms with van der Waals surface area (Å²) in [4.78, 5) is 6.62. The van der Waals surface area contributed by atoms with Crippen molar-refractivity contribution < 1.29 is 9.52 Å². The van der Waals surface area contributed by atoms with Gasteiger partial charge in [0, 0.05) is 43.2 Å². The molecule has 3 rings (SSSR count). The summed E-state index contributed by atoms with van der Waals surface area (Å²) in [6.45, 7) is 10.8. The van der Waals surface area contributed by atoms with Crippen LogP contribution in [-0.4, -0.2) is 45.7 Å². The van der Waals surface area contributed by atoms with Crippen molar-refractivity contribution in [3.63, 3.8) is 0 Å². The van der Waals surface area contributed by atoms with Crippen LogP contribution in [0.1, 0.15) is 38.1 Å². The molecule has 172 valence electrons. The number of benzene rings is 1. The summed E-state index contributed by atoms with van der Waals surface area (Å²) in [6.07, 6.45) is 3.99. The van der Waals surface area contributed by atoms with Gasteiger partial charge >= 0.3 is 6.01 Å². The van der Waals surface area contributed by atoms with Crippen molar-refractivity contribution in [3.8, 4) is 0 Å². The number of piperidine rings is 1. The predicted octanol–water partition coefficient (Wildman–Crippen LogP) is 3.36. The van der Waals surface area contributed by atoms with Crippen LogP contribution in [0.4, 0.5) is 6.01 Å². The average Bonchev–Trinajstić information content (AvgIpc) is 3.15. The lowest BCUT2D eigenvalue weighted by molar-refractivity contribution is 0.155. The number of aliphatic imine (C=N–C) groups is 1. The smallest absolute Gasteiger partial charge is 0.318 e. The number of hydrogen-bond acceptors (Lipinski definition) is 8. The van der Waals surface area contributed by atoms with Crippen molar-refractivity contribution in [3.05, 3.63) is 64.9 Å². The Bertz CT molecular complexity index is 983. The zero-order valence-electron chi connectivity index (χ0n) is 18.8. The third-order valence-electron chi connectivity index (χ3n) is 5.18. The molecule has 9 heteroatoms. The number of nitrogens with one attached hydrogen (secondary N) is 1. The van der Waals surface area contributed by atoms with Crippen LogP contribution in [0.25, 0.3) is 0 Å². The fourth-order valence-electron chi connectivity index (χ4n) is 3.45. The second kappa shape index (κ2) is 10.2. The highest BCUT2D eigenvalue weighted by Crippen LogP contribution is 2.19. The third kappa shape index (κ3) is 6.83. The standard InChI is InChI=1S/C23H31ClN6O2/c1-15(26-20-9-11-30(12-10-20)22-29-28-16(2)32-22)27-21(23(3,4)31)14-19(25)13-17-5-7-18(24)8-6-17/h5-8,14,20,26,31H,1,9-13,25H2,2-4H3/b19-14-,27-21?. The van der Waals surface area contributed by atoms with Gasteiger partial charge in [0.25, 0.3) is 0 Å². The van der Waals surface area contributed by atoms with E-state index in [1.165, 1.54) is 0 Å². The average molecular weight is 459 g/mol. The second-order valence-electron chi connectivity index (χ2n) is 8.53. The minimum atomic E-state index is -1.17. The van der Waals surface area contributed by atoms with Crippen LogP contribution in [0, 0.1) is 6.92 Å². The highest BCUT2D eigenvalue weighted by Gasteiger charge is 2.24. The van der Waals surface area contributed by atoms with Crippen molar-refractivity contribution >= 4 is 23.3 Å². The molecule has 1 aromatic heterocycles. The summed E-state index contributed by atoms with van der Waals surface area (Å²) in [5, 5.41) is 22.6. The molecule has 0 spiro atoms. The van der Waals surface area contributed by atoms with Crippen molar-refractivity contribution in [2.24, 2.45) is 10.7 Å². The molecule has 0 saturated carbocycles. The van der Waals surface area contributed by atoms with Gasteiger partial charge in [-0.1, -0.05) is 35.4 Å². The van der Waals surface area contributed by atoms with E-state index in [1.807, 2.05) is 24.3 Å². The van der Waals surface area contributed by atoms with Crippen LogP contribution in [-0.2, 0) is 6.42 Å². The van der Waals surface area contributed by atoms with E-state index in [4.69, 9.17) is 21.8 Å². The molecule has 8 nitrogen and oxygen atoms in total. The molecule has 1 aliphatic heterocycles. The first-order valence-electron chi connectivity index (χ1n) is 10.6. The van der Waals surface area contributed by atoms with E-state index in [1.54, 1.807) is 26.8 Å². The molecule has 2 heterocycles. The Morgan fingerprint density at radius 2 is 2.00 bits per heavy atom. The summed E-state index contributed by atoms with van der Waals surface area (Å²) in [5.74, 6) is 1.05. The summed E-state index contributed by atoms with van der Waals surface area (Å²) >= 11 is 5.94. The third-order valence-corrected chi connectivity index (χ3v) is 5.43. The Kier molecular flexibility index (Phi) is 7.58. The topological polar surface area (TPSA) is 113 Å². The first-order chi connectivity index (χ1) is 15.1. The van der Waals surface area contributed by atoms with E-state index in [-0.39, 0.29) is 6.04 Å². The second-order valence-corrected chi connectivity index (χ2v) is 8.97. The SMILES string of the molecule is C=C(N=C(/C=C(\N)Cc1ccc(Cl)cc1)C(C)(C)O)NC1CCN(c2nnc(C)o2)CC1. The fraction of sp³-hybridized carbons (Fsp3) is 0.435. The van der Waals surface area contributed by atoms with Gasteiger partial charge in [-0.25, -0.2) is 4.99 Å². The molecule has 1 aromatic carbocycles. The lowest BCUT2D eigenvalue weighted by atomic mass is 10.00. The van der Waals surface area contributed by atoms with Gasteiger partial charge < -0.3 is 25.5 Å². The van der Waals surface area contributed by atoms with E-state index >= 15 is 0 Å². The van der Waals surface area contributed by atoms with Crippen molar-refractivity contribution in [1.82, 2.24) is 15.5 Å². The Morgan fingerprint density at radius 1 is 1.34 bits per heavy atom. The maximum Gasteiger partial charge on any atom is 0.318 e. The highest BCUT2D eigenvalue weighted by molar-refractivity contribution is 6.30. The Labute approximate surface area is 193 Å².